The zero-order valence-electron chi connectivity index (χ0n) is 12.6. The fraction of sp³-hybridized carbons (Fsp3) is 0.250. The molecule has 7 heteroatoms. The van der Waals surface area contributed by atoms with Gasteiger partial charge < -0.3 is 10.4 Å². The molecule has 2 atom stereocenters. The highest BCUT2D eigenvalue weighted by atomic mass is 32.1. The number of carbonyl (C=O) groups is 1. The molecule has 2 unspecified atom stereocenters. The van der Waals surface area contributed by atoms with Crippen LogP contribution in [0.15, 0.2) is 29.7 Å². The van der Waals surface area contributed by atoms with Gasteiger partial charge in [0.2, 0.25) is 5.91 Å². The fourth-order valence-corrected chi connectivity index (χ4v) is 2.53. The van der Waals surface area contributed by atoms with Crippen molar-refractivity contribution in [1.29, 1.82) is 0 Å². The van der Waals surface area contributed by atoms with Gasteiger partial charge in [-0.25, -0.2) is 13.8 Å². The van der Waals surface area contributed by atoms with Crippen molar-refractivity contribution in [1.82, 2.24) is 10.3 Å². The van der Waals surface area contributed by atoms with Gasteiger partial charge in [0.15, 0.2) is 11.6 Å². The molecule has 122 valence electrons. The minimum atomic E-state index is -1.15. The molecule has 1 aromatic carbocycles. The number of benzene rings is 1. The second kappa shape index (κ2) is 7.43. The van der Waals surface area contributed by atoms with Crippen molar-refractivity contribution in [3.05, 3.63) is 57.6 Å². The van der Waals surface area contributed by atoms with E-state index in [9.17, 15) is 18.7 Å². The van der Waals surface area contributed by atoms with Crippen LogP contribution in [-0.2, 0) is 4.79 Å². The number of carbonyl (C=O) groups excluding carboxylic acids is 1. The van der Waals surface area contributed by atoms with Gasteiger partial charge in [-0.05, 0) is 37.6 Å². The molecular formula is C16H16F2N2O2S. The molecule has 0 saturated carbocycles. The van der Waals surface area contributed by atoms with E-state index in [0.29, 0.717) is 5.69 Å². The highest BCUT2D eigenvalue weighted by molar-refractivity contribution is 7.09. The number of halogens is 2. The lowest BCUT2D eigenvalue weighted by molar-refractivity contribution is -0.117. The molecule has 0 aliphatic carbocycles. The molecule has 2 rings (SSSR count). The van der Waals surface area contributed by atoms with E-state index in [1.54, 1.807) is 13.0 Å². The number of aryl methyl sites for hydroxylation is 1. The number of aromatic nitrogens is 1. The van der Waals surface area contributed by atoms with Gasteiger partial charge in [0.1, 0.15) is 0 Å². The molecule has 2 aromatic rings. The van der Waals surface area contributed by atoms with Crippen molar-refractivity contribution in [2.75, 3.05) is 0 Å². The number of aliphatic hydroxyl groups excluding tert-OH is 1. The second-order valence-electron chi connectivity index (χ2n) is 5.04. The van der Waals surface area contributed by atoms with E-state index >= 15 is 0 Å². The van der Waals surface area contributed by atoms with Crippen LogP contribution in [0.25, 0.3) is 6.08 Å². The van der Waals surface area contributed by atoms with Gasteiger partial charge in [0, 0.05) is 11.5 Å². The predicted molar refractivity (Wildman–Crippen MR) is 84.8 cm³/mol. The van der Waals surface area contributed by atoms with Crippen molar-refractivity contribution < 1.29 is 18.7 Å². The Morgan fingerprint density at radius 3 is 2.74 bits per heavy atom. The highest BCUT2D eigenvalue weighted by Crippen LogP contribution is 2.19. The molecular weight excluding hydrogens is 322 g/mol. The normalized spacial score (nSPS) is 14.0. The molecule has 1 heterocycles. The second-order valence-corrected chi connectivity index (χ2v) is 6.10. The Bertz CT molecular complexity index is 731. The van der Waals surface area contributed by atoms with Crippen LogP contribution in [0.1, 0.15) is 29.3 Å². The van der Waals surface area contributed by atoms with E-state index in [4.69, 9.17) is 0 Å². The molecule has 1 aromatic heterocycles. The highest BCUT2D eigenvalue weighted by Gasteiger charge is 2.19. The summed E-state index contributed by atoms with van der Waals surface area (Å²) in [7, 11) is 0. The number of rotatable bonds is 5. The van der Waals surface area contributed by atoms with Gasteiger partial charge in [-0.1, -0.05) is 6.07 Å². The number of hydrogen-bond acceptors (Lipinski definition) is 4. The third-order valence-corrected chi connectivity index (χ3v) is 3.96. The van der Waals surface area contributed by atoms with Crippen LogP contribution in [0.3, 0.4) is 0 Å². The third-order valence-electron chi connectivity index (χ3n) is 3.17. The maximum absolute atomic E-state index is 13.2. The third kappa shape index (κ3) is 4.67. The van der Waals surface area contributed by atoms with Crippen molar-refractivity contribution in [3.8, 4) is 0 Å². The lowest BCUT2D eigenvalue weighted by atomic mass is 10.0. The molecule has 0 saturated heterocycles. The molecule has 0 fully saturated rings. The molecule has 0 radical (unpaired) electrons. The van der Waals surface area contributed by atoms with E-state index in [0.717, 1.165) is 17.1 Å². The Hall–Kier alpha value is -2.12. The number of hydrogen-bond donors (Lipinski definition) is 2. The average Bonchev–Trinajstić information content (AvgIpc) is 2.93. The predicted octanol–water partition coefficient (Wildman–Crippen LogP) is 2.98. The van der Waals surface area contributed by atoms with Crippen LogP contribution in [0, 0.1) is 18.6 Å². The van der Waals surface area contributed by atoms with Gasteiger partial charge >= 0.3 is 0 Å². The van der Waals surface area contributed by atoms with Crippen LogP contribution >= 0.6 is 11.3 Å². The maximum Gasteiger partial charge on any atom is 0.244 e. The summed E-state index contributed by atoms with van der Waals surface area (Å²) in [5.74, 6) is -2.44. The Balaban J connectivity index is 1.97. The van der Waals surface area contributed by atoms with E-state index < -0.39 is 29.7 Å². The summed E-state index contributed by atoms with van der Waals surface area (Å²) >= 11 is 1.47. The number of thiazole rings is 1. The summed E-state index contributed by atoms with van der Waals surface area (Å²) in [6.07, 6.45) is 1.72. The van der Waals surface area contributed by atoms with Crippen molar-refractivity contribution in [2.24, 2.45) is 0 Å². The average molecular weight is 338 g/mol. The number of nitrogens with zero attached hydrogens (tertiary/aromatic N) is 1. The summed E-state index contributed by atoms with van der Waals surface area (Å²) < 4.78 is 26.1. The van der Waals surface area contributed by atoms with E-state index in [2.05, 4.69) is 10.3 Å². The minimum absolute atomic E-state index is 0.191. The zero-order chi connectivity index (χ0) is 17.0. The van der Waals surface area contributed by atoms with Gasteiger partial charge in [0.25, 0.3) is 0 Å². The molecule has 0 spiro atoms. The monoisotopic (exact) mass is 338 g/mol. The summed E-state index contributed by atoms with van der Waals surface area (Å²) in [6, 6.07) is 2.46. The molecule has 23 heavy (non-hydrogen) atoms. The van der Waals surface area contributed by atoms with Crippen molar-refractivity contribution in [2.45, 2.75) is 26.0 Å². The fourth-order valence-electron chi connectivity index (χ4n) is 1.95. The Kier molecular flexibility index (Phi) is 5.57. The first kappa shape index (κ1) is 17.2. The summed E-state index contributed by atoms with van der Waals surface area (Å²) in [4.78, 5) is 16.0. The van der Waals surface area contributed by atoms with Crippen LogP contribution < -0.4 is 5.32 Å². The van der Waals surface area contributed by atoms with Gasteiger partial charge in [-0.15, -0.1) is 11.3 Å². The van der Waals surface area contributed by atoms with Crippen molar-refractivity contribution in [3.63, 3.8) is 0 Å². The number of nitrogens with one attached hydrogen (secondary N) is 1. The van der Waals surface area contributed by atoms with E-state index in [-0.39, 0.29) is 5.56 Å². The van der Waals surface area contributed by atoms with Crippen LogP contribution in [0.4, 0.5) is 8.78 Å². The van der Waals surface area contributed by atoms with Gasteiger partial charge in [-0.2, -0.15) is 0 Å². The SMILES string of the molecule is Cc1nc(/C=C/C(=O)NC(C)C(O)c2ccc(F)c(F)c2)cs1. The first-order valence-corrected chi connectivity index (χ1v) is 7.78. The van der Waals surface area contributed by atoms with Crippen LogP contribution in [-0.4, -0.2) is 22.0 Å². The first-order chi connectivity index (χ1) is 10.9. The first-order valence-electron chi connectivity index (χ1n) is 6.90. The summed E-state index contributed by atoms with van der Waals surface area (Å²) in [5.41, 5.74) is 0.868. The number of aliphatic hydroxyl groups is 1. The quantitative estimate of drug-likeness (QED) is 0.824. The lowest BCUT2D eigenvalue weighted by Crippen LogP contribution is -2.36. The standard InChI is InChI=1S/C16H16F2N2O2S/c1-9(16(22)11-3-5-13(17)14(18)7-11)19-15(21)6-4-12-8-23-10(2)20-12/h3-9,16,22H,1-2H3,(H,19,21)/b6-4+. The van der Waals surface area contributed by atoms with E-state index in [1.165, 1.54) is 23.5 Å². The largest absolute Gasteiger partial charge is 0.386 e. The summed E-state index contributed by atoms with van der Waals surface area (Å²) in [6.45, 7) is 3.44. The Morgan fingerprint density at radius 1 is 1.39 bits per heavy atom. The Morgan fingerprint density at radius 2 is 2.13 bits per heavy atom. The van der Waals surface area contributed by atoms with Crippen LogP contribution in [0.5, 0.6) is 0 Å². The molecule has 4 nitrogen and oxygen atoms in total. The zero-order valence-corrected chi connectivity index (χ0v) is 13.4. The molecule has 0 aliphatic heterocycles. The van der Waals surface area contributed by atoms with E-state index in [1.807, 2.05) is 12.3 Å². The van der Waals surface area contributed by atoms with Gasteiger partial charge in [-0.3, -0.25) is 4.79 Å². The van der Waals surface area contributed by atoms with Crippen molar-refractivity contribution >= 4 is 23.3 Å². The Labute approximate surface area is 136 Å². The number of amides is 1. The van der Waals surface area contributed by atoms with Crippen LogP contribution in [0.2, 0.25) is 0 Å². The molecule has 2 N–H and O–H groups in total. The summed E-state index contributed by atoms with van der Waals surface area (Å²) in [5, 5.41) is 15.4. The maximum atomic E-state index is 13.2. The topological polar surface area (TPSA) is 62.2 Å². The smallest absolute Gasteiger partial charge is 0.244 e. The molecule has 0 aliphatic rings. The molecule has 1 amide bonds. The minimum Gasteiger partial charge on any atom is -0.386 e. The lowest BCUT2D eigenvalue weighted by Gasteiger charge is -2.20. The molecule has 0 bridgehead atoms. The van der Waals surface area contributed by atoms with Gasteiger partial charge in [0.05, 0.1) is 22.8 Å².